The second-order valence-corrected chi connectivity index (χ2v) is 9.00. The molecule has 0 saturated carbocycles. The smallest absolute Gasteiger partial charge is 0.255 e. The Morgan fingerprint density at radius 1 is 1.33 bits per heavy atom. The molecule has 1 atom stereocenters. The van der Waals surface area contributed by atoms with Gasteiger partial charge in [0, 0.05) is 24.8 Å². The van der Waals surface area contributed by atoms with E-state index in [-0.39, 0.29) is 23.4 Å². The van der Waals surface area contributed by atoms with Crippen LogP contribution in [0.2, 0.25) is 0 Å². The van der Waals surface area contributed by atoms with Crippen molar-refractivity contribution in [1.82, 2.24) is 19.7 Å². The lowest BCUT2D eigenvalue weighted by Gasteiger charge is -2.35. The van der Waals surface area contributed by atoms with Crippen LogP contribution in [0.25, 0.3) is 11.0 Å². The maximum absolute atomic E-state index is 13.6. The SMILES string of the molecule is Cc1nn(C(C)(C)C)c2nc(C(C)C)cc(C(=O)N3CCCCC3CN)c12. The Morgan fingerprint density at radius 2 is 2.04 bits per heavy atom. The van der Waals surface area contributed by atoms with E-state index in [0.29, 0.717) is 6.54 Å². The minimum Gasteiger partial charge on any atom is -0.334 e. The molecule has 2 aromatic heterocycles. The molecule has 1 fully saturated rings. The van der Waals surface area contributed by atoms with E-state index in [1.54, 1.807) is 0 Å². The van der Waals surface area contributed by atoms with Crippen LogP contribution in [-0.4, -0.2) is 44.7 Å². The molecule has 0 radical (unpaired) electrons. The van der Waals surface area contributed by atoms with Gasteiger partial charge < -0.3 is 10.6 Å². The second kappa shape index (κ2) is 7.23. The van der Waals surface area contributed by atoms with Crippen LogP contribution >= 0.6 is 0 Å². The van der Waals surface area contributed by atoms with E-state index < -0.39 is 0 Å². The molecular formula is C21H33N5O. The first-order valence-electron chi connectivity index (χ1n) is 10.1. The highest BCUT2D eigenvalue weighted by Gasteiger charge is 2.31. The highest BCUT2D eigenvalue weighted by molar-refractivity contribution is 6.06. The fourth-order valence-corrected chi connectivity index (χ4v) is 3.91. The summed E-state index contributed by atoms with van der Waals surface area (Å²) >= 11 is 0. The van der Waals surface area contributed by atoms with Crippen LogP contribution in [0.4, 0.5) is 0 Å². The van der Waals surface area contributed by atoms with Crippen molar-refractivity contribution in [1.29, 1.82) is 0 Å². The number of carbonyl (C=O) groups excluding carboxylic acids is 1. The lowest BCUT2D eigenvalue weighted by molar-refractivity contribution is 0.0625. The maximum Gasteiger partial charge on any atom is 0.255 e. The Bertz CT molecular complexity index is 846. The first-order valence-corrected chi connectivity index (χ1v) is 10.1. The van der Waals surface area contributed by atoms with Gasteiger partial charge in [-0.1, -0.05) is 13.8 Å². The average molecular weight is 372 g/mol. The van der Waals surface area contributed by atoms with Gasteiger partial charge in [-0.25, -0.2) is 9.67 Å². The molecule has 3 rings (SSSR count). The molecule has 6 heteroatoms. The molecule has 2 aromatic rings. The number of aromatic nitrogens is 3. The molecule has 1 aliphatic rings. The third-order valence-electron chi connectivity index (χ3n) is 5.45. The van der Waals surface area contributed by atoms with Gasteiger partial charge in [0.25, 0.3) is 5.91 Å². The Balaban J connectivity index is 2.22. The number of piperidine rings is 1. The van der Waals surface area contributed by atoms with Gasteiger partial charge in [-0.05, 0) is 58.9 Å². The van der Waals surface area contributed by atoms with Gasteiger partial charge in [0.15, 0.2) is 5.65 Å². The monoisotopic (exact) mass is 371 g/mol. The van der Waals surface area contributed by atoms with Crippen LogP contribution in [0.5, 0.6) is 0 Å². The zero-order valence-electron chi connectivity index (χ0n) is 17.5. The highest BCUT2D eigenvalue weighted by Crippen LogP contribution is 2.30. The standard InChI is InChI=1S/C21H33N5O/c1-13(2)17-11-16(20(27)25-10-8-7-9-15(25)12-22)18-14(3)24-26(19(18)23-17)21(4,5)6/h11,13,15H,7-10,12,22H2,1-6H3. The lowest BCUT2D eigenvalue weighted by Crippen LogP contribution is -2.47. The van der Waals surface area contributed by atoms with E-state index in [0.717, 1.165) is 53.8 Å². The molecule has 1 aliphatic heterocycles. The van der Waals surface area contributed by atoms with Crippen molar-refractivity contribution >= 4 is 16.9 Å². The predicted molar refractivity (Wildman–Crippen MR) is 109 cm³/mol. The Hall–Kier alpha value is -1.95. The number of rotatable bonds is 3. The summed E-state index contributed by atoms with van der Waals surface area (Å²) in [6.45, 7) is 13.8. The van der Waals surface area contributed by atoms with Gasteiger partial charge in [-0.3, -0.25) is 4.79 Å². The molecule has 2 N–H and O–H groups in total. The molecule has 27 heavy (non-hydrogen) atoms. The molecule has 1 saturated heterocycles. The number of aryl methyl sites for hydroxylation is 1. The predicted octanol–water partition coefficient (Wildman–Crippen LogP) is 3.57. The van der Waals surface area contributed by atoms with Crippen LogP contribution in [0, 0.1) is 6.92 Å². The molecule has 1 amide bonds. The summed E-state index contributed by atoms with van der Waals surface area (Å²) in [6, 6.07) is 2.09. The van der Waals surface area contributed by atoms with E-state index in [1.807, 2.05) is 22.6 Å². The first kappa shape index (κ1) is 19.8. The topological polar surface area (TPSA) is 77.0 Å². The summed E-state index contributed by atoms with van der Waals surface area (Å²) < 4.78 is 1.96. The molecule has 6 nitrogen and oxygen atoms in total. The van der Waals surface area contributed by atoms with Crippen molar-refractivity contribution in [2.24, 2.45) is 5.73 Å². The lowest BCUT2D eigenvalue weighted by atomic mass is 9.98. The number of carbonyl (C=O) groups is 1. The van der Waals surface area contributed by atoms with Gasteiger partial charge >= 0.3 is 0 Å². The van der Waals surface area contributed by atoms with Crippen LogP contribution in [0.15, 0.2) is 6.07 Å². The van der Waals surface area contributed by atoms with Gasteiger partial charge in [0.05, 0.1) is 22.2 Å². The average Bonchev–Trinajstić information content (AvgIpc) is 2.97. The Kier molecular flexibility index (Phi) is 5.30. The van der Waals surface area contributed by atoms with E-state index >= 15 is 0 Å². The number of hydrogen-bond donors (Lipinski definition) is 1. The fraction of sp³-hybridized carbons (Fsp3) is 0.667. The third-order valence-corrected chi connectivity index (χ3v) is 5.45. The van der Waals surface area contributed by atoms with Crippen LogP contribution in [0.3, 0.4) is 0 Å². The van der Waals surface area contributed by atoms with Crippen molar-refractivity contribution in [3.8, 4) is 0 Å². The quantitative estimate of drug-likeness (QED) is 0.895. The Morgan fingerprint density at radius 3 is 2.63 bits per heavy atom. The van der Waals surface area contributed by atoms with E-state index in [1.165, 1.54) is 0 Å². The highest BCUT2D eigenvalue weighted by atomic mass is 16.2. The summed E-state index contributed by atoms with van der Waals surface area (Å²) in [4.78, 5) is 20.4. The molecule has 3 heterocycles. The third kappa shape index (κ3) is 3.59. The van der Waals surface area contributed by atoms with Crippen molar-refractivity contribution in [2.45, 2.75) is 78.3 Å². The number of amides is 1. The number of likely N-dealkylation sites (tertiary alicyclic amines) is 1. The zero-order valence-corrected chi connectivity index (χ0v) is 17.5. The van der Waals surface area contributed by atoms with Gasteiger partial charge in [0.1, 0.15) is 0 Å². The van der Waals surface area contributed by atoms with Crippen LogP contribution in [-0.2, 0) is 5.54 Å². The molecule has 0 aliphatic carbocycles. The summed E-state index contributed by atoms with van der Waals surface area (Å²) in [5.74, 6) is 0.298. The number of fused-ring (bicyclic) bond motifs is 1. The normalized spacial score (nSPS) is 18.5. The van der Waals surface area contributed by atoms with E-state index in [9.17, 15) is 4.79 Å². The second-order valence-electron chi connectivity index (χ2n) is 9.00. The molecule has 0 spiro atoms. The van der Waals surface area contributed by atoms with Crippen LogP contribution < -0.4 is 5.73 Å². The minimum atomic E-state index is -0.208. The summed E-state index contributed by atoms with van der Waals surface area (Å²) in [5.41, 5.74) is 9.06. The number of nitrogens with zero attached hydrogens (tertiary/aromatic N) is 4. The van der Waals surface area contributed by atoms with Gasteiger partial charge in [-0.15, -0.1) is 0 Å². The molecule has 0 aromatic carbocycles. The molecule has 1 unspecified atom stereocenters. The van der Waals surface area contributed by atoms with Crippen molar-refractivity contribution in [3.63, 3.8) is 0 Å². The molecule has 0 bridgehead atoms. The molecular weight excluding hydrogens is 338 g/mol. The van der Waals surface area contributed by atoms with Gasteiger partial charge in [-0.2, -0.15) is 5.10 Å². The van der Waals surface area contributed by atoms with Crippen molar-refractivity contribution < 1.29 is 4.79 Å². The number of nitrogens with two attached hydrogens (primary N) is 1. The summed E-state index contributed by atoms with van der Waals surface area (Å²) in [7, 11) is 0. The summed E-state index contributed by atoms with van der Waals surface area (Å²) in [5, 5.41) is 5.62. The summed E-state index contributed by atoms with van der Waals surface area (Å²) in [6.07, 6.45) is 3.15. The van der Waals surface area contributed by atoms with Crippen LogP contribution in [0.1, 0.15) is 81.5 Å². The van der Waals surface area contributed by atoms with Gasteiger partial charge in [0.2, 0.25) is 0 Å². The maximum atomic E-state index is 13.6. The zero-order chi connectivity index (χ0) is 19.9. The Labute approximate surface area is 162 Å². The fourth-order valence-electron chi connectivity index (χ4n) is 3.91. The minimum absolute atomic E-state index is 0.0657. The van der Waals surface area contributed by atoms with E-state index in [4.69, 9.17) is 15.8 Å². The van der Waals surface area contributed by atoms with Crippen molar-refractivity contribution in [2.75, 3.05) is 13.1 Å². The van der Waals surface area contributed by atoms with Crippen molar-refractivity contribution in [3.05, 3.63) is 23.0 Å². The number of hydrogen-bond acceptors (Lipinski definition) is 4. The first-order chi connectivity index (χ1) is 12.6. The molecule has 148 valence electrons. The largest absolute Gasteiger partial charge is 0.334 e. The van der Waals surface area contributed by atoms with E-state index in [2.05, 4.69) is 34.6 Å². The number of pyridine rings is 1.